The number of allylic oxidation sites excluding steroid dienone is 9. The molecule has 19 nitrogen and oxygen atoms in total. The van der Waals surface area contributed by atoms with Crippen molar-refractivity contribution in [3.63, 3.8) is 0 Å². The minimum absolute atomic E-state index is 0.228. The third-order valence-corrected chi connectivity index (χ3v) is 19.5. The molecule has 3 saturated heterocycles. The van der Waals surface area contributed by atoms with Crippen LogP contribution in [0.3, 0.4) is 0 Å². The number of aliphatic hydroxyl groups is 11. The molecule has 17 atom stereocenters. The van der Waals surface area contributed by atoms with E-state index >= 15 is 0 Å². The van der Waals surface area contributed by atoms with Gasteiger partial charge in [-0.05, 0) is 77.0 Å². The van der Waals surface area contributed by atoms with Crippen LogP contribution in [0, 0.1) is 0 Å². The fraction of sp³-hybridized carbons (Fsp3) is 0.861. The van der Waals surface area contributed by atoms with Crippen LogP contribution in [0.5, 0.6) is 0 Å². The van der Waals surface area contributed by atoms with Gasteiger partial charge in [-0.25, -0.2) is 0 Å². The molecule has 19 heteroatoms. The summed E-state index contributed by atoms with van der Waals surface area (Å²) >= 11 is 0. The van der Waals surface area contributed by atoms with E-state index in [0.717, 1.165) is 64.2 Å². The molecular formula is C79H143NO18. The Morgan fingerprint density at radius 1 is 0.367 bits per heavy atom. The molecule has 0 saturated carbocycles. The number of hydrogen-bond acceptors (Lipinski definition) is 18. The number of carbonyl (C=O) groups excluding carboxylic acids is 1. The van der Waals surface area contributed by atoms with Gasteiger partial charge in [-0.15, -0.1) is 0 Å². The maximum absolute atomic E-state index is 13.5. The summed E-state index contributed by atoms with van der Waals surface area (Å²) in [6.07, 6.45) is 49.2. The van der Waals surface area contributed by atoms with Crippen LogP contribution in [0.15, 0.2) is 60.8 Å². The molecule has 0 bridgehead atoms. The molecule has 0 spiro atoms. The monoisotopic (exact) mass is 1390 g/mol. The van der Waals surface area contributed by atoms with E-state index in [9.17, 15) is 61.0 Å². The third-order valence-electron chi connectivity index (χ3n) is 19.5. The van der Waals surface area contributed by atoms with Gasteiger partial charge >= 0.3 is 0 Å². The first-order valence-corrected chi connectivity index (χ1v) is 39.5. The highest BCUT2D eigenvalue weighted by molar-refractivity contribution is 5.76. The summed E-state index contributed by atoms with van der Waals surface area (Å²) in [4.78, 5) is 13.5. The number of carbonyl (C=O) groups is 1. The van der Waals surface area contributed by atoms with Gasteiger partial charge in [-0.3, -0.25) is 4.79 Å². The van der Waals surface area contributed by atoms with Crippen LogP contribution in [0.2, 0.25) is 0 Å². The van der Waals surface area contributed by atoms with Gasteiger partial charge in [0.25, 0.3) is 0 Å². The van der Waals surface area contributed by atoms with Gasteiger partial charge in [0.1, 0.15) is 73.2 Å². The highest BCUT2D eigenvalue weighted by Crippen LogP contribution is 2.33. The van der Waals surface area contributed by atoms with Crippen molar-refractivity contribution in [2.24, 2.45) is 0 Å². The minimum Gasteiger partial charge on any atom is -0.394 e. The molecule has 12 N–H and O–H groups in total. The Balaban J connectivity index is 1.41. The van der Waals surface area contributed by atoms with Crippen molar-refractivity contribution >= 4 is 5.91 Å². The quantitative estimate of drug-likeness (QED) is 0.0199. The number of hydrogen-bond donors (Lipinski definition) is 12. The fourth-order valence-corrected chi connectivity index (χ4v) is 13.1. The number of aliphatic hydroxyl groups excluding tert-OH is 11. The molecule has 3 fully saturated rings. The first-order chi connectivity index (χ1) is 47.8. The van der Waals surface area contributed by atoms with E-state index in [1.54, 1.807) is 6.08 Å². The van der Waals surface area contributed by atoms with Crippen LogP contribution in [0.1, 0.15) is 303 Å². The predicted molar refractivity (Wildman–Crippen MR) is 388 cm³/mol. The highest BCUT2D eigenvalue weighted by Gasteiger charge is 2.53. The van der Waals surface area contributed by atoms with E-state index in [1.165, 1.54) is 205 Å². The van der Waals surface area contributed by atoms with Crippen molar-refractivity contribution in [1.82, 2.24) is 5.32 Å². The minimum atomic E-state index is -1.99. The summed E-state index contributed by atoms with van der Waals surface area (Å²) in [6.45, 7) is 1.73. The Bertz CT molecular complexity index is 2010. The average molecular weight is 1400 g/mol. The molecule has 0 aromatic carbocycles. The molecule has 3 heterocycles. The van der Waals surface area contributed by atoms with Gasteiger partial charge in [0, 0.05) is 6.42 Å². The van der Waals surface area contributed by atoms with E-state index in [-0.39, 0.29) is 18.9 Å². The third kappa shape index (κ3) is 39.9. The molecule has 0 aliphatic carbocycles. The number of ether oxygens (including phenoxy) is 6. The van der Waals surface area contributed by atoms with Gasteiger partial charge in [0.15, 0.2) is 18.9 Å². The zero-order chi connectivity index (χ0) is 71.1. The lowest BCUT2D eigenvalue weighted by molar-refractivity contribution is -0.379. The molecule has 17 unspecified atom stereocenters. The fourth-order valence-electron chi connectivity index (χ4n) is 13.1. The Morgan fingerprint density at radius 2 is 0.684 bits per heavy atom. The zero-order valence-corrected chi connectivity index (χ0v) is 61.0. The Labute approximate surface area is 592 Å². The van der Waals surface area contributed by atoms with Crippen LogP contribution in [-0.4, -0.2) is 193 Å². The number of nitrogens with one attached hydrogen (secondary N) is 1. The molecule has 1 amide bonds. The maximum atomic E-state index is 13.5. The van der Waals surface area contributed by atoms with Crippen molar-refractivity contribution in [1.29, 1.82) is 0 Å². The van der Waals surface area contributed by atoms with Crippen molar-refractivity contribution in [3.05, 3.63) is 60.8 Å². The lowest BCUT2D eigenvalue weighted by atomic mass is 9.96. The van der Waals surface area contributed by atoms with Crippen LogP contribution < -0.4 is 5.32 Å². The first kappa shape index (κ1) is 89.7. The molecule has 98 heavy (non-hydrogen) atoms. The molecule has 3 aliphatic rings. The van der Waals surface area contributed by atoms with Crippen molar-refractivity contribution in [2.45, 2.75) is 407 Å². The maximum Gasteiger partial charge on any atom is 0.220 e. The molecule has 3 rings (SSSR count). The van der Waals surface area contributed by atoms with Crippen LogP contribution in [-0.2, 0) is 33.2 Å². The Morgan fingerprint density at radius 3 is 1.08 bits per heavy atom. The van der Waals surface area contributed by atoms with Gasteiger partial charge in [-0.1, -0.05) is 280 Å². The van der Waals surface area contributed by atoms with E-state index < -0.39 is 124 Å². The predicted octanol–water partition coefficient (Wildman–Crippen LogP) is 12.7. The summed E-state index contributed by atoms with van der Waals surface area (Å²) < 4.78 is 34.4. The lowest BCUT2D eigenvalue weighted by Crippen LogP contribution is -2.66. The molecular weight excluding hydrogens is 1250 g/mol. The van der Waals surface area contributed by atoms with Crippen LogP contribution in [0.4, 0.5) is 0 Å². The molecule has 0 aromatic heterocycles. The summed E-state index contributed by atoms with van der Waals surface area (Å²) in [5.41, 5.74) is 0. The van der Waals surface area contributed by atoms with E-state index in [0.29, 0.717) is 12.8 Å². The normalized spacial score (nSPS) is 27.1. The molecule has 3 aliphatic heterocycles. The second-order valence-electron chi connectivity index (χ2n) is 28.2. The Hall–Kier alpha value is -2.51. The van der Waals surface area contributed by atoms with E-state index in [4.69, 9.17) is 28.4 Å². The summed E-state index contributed by atoms with van der Waals surface area (Å²) in [5, 5.41) is 121. The second kappa shape index (κ2) is 59.8. The summed E-state index contributed by atoms with van der Waals surface area (Å²) in [6, 6.07) is -1.00. The first-order valence-electron chi connectivity index (χ1n) is 39.5. The van der Waals surface area contributed by atoms with Crippen molar-refractivity contribution < 1.29 is 89.4 Å². The van der Waals surface area contributed by atoms with Gasteiger partial charge in [-0.2, -0.15) is 0 Å². The second-order valence-corrected chi connectivity index (χ2v) is 28.2. The number of rotatable bonds is 62. The topological polar surface area (TPSA) is 307 Å². The van der Waals surface area contributed by atoms with Gasteiger partial charge in [0.2, 0.25) is 5.91 Å². The zero-order valence-electron chi connectivity index (χ0n) is 61.0. The SMILES string of the molecule is CCCCCCC/C=C\C/C=C\CCCCCCCCCCCCCC(=O)NC(COC1OC(CO)C(OC2OC(CO)C(OC3OC(CO)C(O)C(O)C3O)C(O)C2O)C(O)C1O)C(O)/C=C/CC/C=C/CC/C=C/CCCCCCCCCCCCCCCCCCCCCC. The number of amides is 1. The molecule has 0 aromatic rings. The van der Waals surface area contributed by atoms with Crippen LogP contribution in [0.25, 0.3) is 0 Å². The number of unbranched alkanes of at least 4 members (excludes halogenated alkanes) is 38. The average Bonchev–Trinajstić information content (AvgIpc) is 0.785. The Kier molecular flexibility index (Phi) is 54.8. The smallest absolute Gasteiger partial charge is 0.220 e. The summed E-state index contributed by atoms with van der Waals surface area (Å²) in [5.74, 6) is -0.290. The molecule has 0 radical (unpaired) electrons. The highest BCUT2D eigenvalue weighted by atomic mass is 16.8. The van der Waals surface area contributed by atoms with E-state index in [1.807, 2.05) is 6.08 Å². The van der Waals surface area contributed by atoms with Gasteiger partial charge in [0.05, 0.1) is 38.6 Å². The van der Waals surface area contributed by atoms with Crippen molar-refractivity contribution in [3.8, 4) is 0 Å². The largest absolute Gasteiger partial charge is 0.394 e. The van der Waals surface area contributed by atoms with Gasteiger partial charge < -0.3 is 89.9 Å². The van der Waals surface area contributed by atoms with E-state index in [2.05, 4.69) is 67.8 Å². The van der Waals surface area contributed by atoms with Crippen LogP contribution >= 0.6 is 0 Å². The van der Waals surface area contributed by atoms with Crippen molar-refractivity contribution in [2.75, 3.05) is 26.4 Å². The summed E-state index contributed by atoms with van der Waals surface area (Å²) in [7, 11) is 0. The molecule has 572 valence electrons. The lowest BCUT2D eigenvalue weighted by Gasteiger charge is -2.48. The standard InChI is InChI=1S/C79H143NO18/c1-3-5-7-9-11-13-15-17-19-21-23-25-27-28-29-30-31-32-33-35-36-38-40-42-44-46-48-50-52-54-56-63(84)62(80-67(85)57-55-53-51-49-47-45-43-41-39-37-34-26-24-22-20-18-16-14-12-10-8-6-4-2)61-93-77-73(91)70(88)75(65(59-82)95-77)98-79-74(92)71(89)76(66(60-83)96-79)97-78-72(90)69(87)68(86)64(58-81)94-78/h16,18,22,24,38,40,46,48,54,56,62-66,68-79,81-84,86-92H,3-15,17,19-21,23,25-37,39,41-45,47,49-53,55,57-61H2,1-2H3,(H,80,85)/b18-16-,24-22-,40-38+,48-46+,56-54+.